The molecular weight excluding hydrogens is 368 g/mol. The lowest BCUT2D eigenvalue weighted by molar-refractivity contribution is 0.0706. The molecule has 4 rings (SSSR count). The van der Waals surface area contributed by atoms with E-state index in [9.17, 15) is 9.59 Å². The predicted octanol–water partition coefficient (Wildman–Crippen LogP) is 4.17. The Morgan fingerprint density at radius 2 is 1.69 bits per heavy atom. The third-order valence-electron chi connectivity index (χ3n) is 4.04. The maximum absolute atomic E-state index is 12.4. The quantitative estimate of drug-likeness (QED) is 0.366. The zero-order chi connectivity index (χ0) is 18.1. The van der Waals surface area contributed by atoms with Gasteiger partial charge in [0, 0.05) is 26.9 Å². The molecule has 26 heavy (non-hydrogen) atoms. The Morgan fingerprint density at radius 1 is 0.923 bits per heavy atom. The minimum absolute atomic E-state index is 0.111. The summed E-state index contributed by atoms with van der Waals surface area (Å²) in [5.74, 6) is -0.675. The second-order valence-electron chi connectivity index (χ2n) is 5.72. The molecule has 2 heterocycles. The summed E-state index contributed by atoms with van der Waals surface area (Å²) in [5, 5.41) is 12.7. The largest absolute Gasteiger partial charge is 0.347 e. The third-order valence-corrected chi connectivity index (χ3v) is 6.46. The van der Waals surface area contributed by atoms with Crippen molar-refractivity contribution in [2.24, 2.45) is 0 Å². The van der Waals surface area contributed by atoms with Crippen molar-refractivity contribution in [3.8, 4) is 0 Å². The van der Waals surface area contributed by atoms with Crippen LogP contribution in [0.25, 0.3) is 19.5 Å². The highest BCUT2D eigenvalue weighted by Gasteiger charge is 2.14. The Morgan fingerprint density at radius 3 is 2.46 bits per heavy atom. The van der Waals surface area contributed by atoms with E-state index in [1.165, 1.54) is 21.4 Å². The van der Waals surface area contributed by atoms with E-state index < -0.39 is 5.91 Å². The first-order valence-electron chi connectivity index (χ1n) is 7.88. The molecule has 4 aromatic rings. The lowest BCUT2D eigenvalue weighted by Gasteiger charge is -2.05. The normalized spacial score (nSPS) is 11.0. The maximum atomic E-state index is 12.4. The van der Waals surface area contributed by atoms with Gasteiger partial charge in [-0.25, -0.2) is 5.48 Å². The average molecular weight is 382 g/mol. The molecule has 0 radical (unpaired) electrons. The van der Waals surface area contributed by atoms with Gasteiger partial charge in [-0.05, 0) is 29.8 Å². The first-order chi connectivity index (χ1) is 12.7. The van der Waals surface area contributed by atoms with Crippen LogP contribution in [0.1, 0.15) is 25.6 Å². The van der Waals surface area contributed by atoms with Gasteiger partial charge in [-0.3, -0.25) is 14.8 Å². The molecule has 2 aromatic heterocycles. The van der Waals surface area contributed by atoms with Gasteiger partial charge in [0.15, 0.2) is 0 Å². The summed E-state index contributed by atoms with van der Waals surface area (Å²) in [7, 11) is 0. The van der Waals surface area contributed by atoms with Crippen LogP contribution in [-0.2, 0) is 6.54 Å². The fraction of sp³-hybridized carbons (Fsp3) is 0.0526. The second-order valence-corrected chi connectivity index (χ2v) is 7.86. The highest BCUT2D eigenvalue weighted by atomic mass is 32.1. The molecule has 0 saturated carbocycles. The van der Waals surface area contributed by atoms with Crippen molar-refractivity contribution in [1.29, 1.82) is 0 Å². The topological polar surface area (TPSA) is 78.4 Å². The molecule has 2 aromatic carbocycles. The number of rotatable bonds is 4. The van der Waals surface area contributed by atoms with Crippen LogP contribution in [0.2, 0.25) is 0 Å². The minimum atomic E-state index is -0.563. The Bertz CT molecular complexity index is 1110. The van der Waals surface area contributed by atoms with Crippen LogP contribution in [0.15, 0.2) is 54.6 Å². The van der Waals surface area contributed by atoms with Crippen molar-refractivity contribution in [1.82, 2.24) is 10.8 Å². The molecule has 0 bridgehead atoms. The number of amides is 2. The molecule has 0 aliphatic carbocycles. The molecule has 0 unspecified atom stereocenters. The first kappa shape index (κ1) is 16.7. The van der Waals surface area contributed by atoms with E-state index in [-0.39, 0.29) is 5.91 Å². The predicted molar refractivity (Wildman–Crippen MR) is 104 cm³/mol. The van der Waals surface area contributed by atoms with Gasteiger partial charge in [-0.1, -0.05) is 30.3 Å². The molecule has 0 aliphatic rings. The number of carbonyl (C=O) groups excluding carboxylic acids is 2. The third kappa shape index (κ3) is 3.08. The summed E-state index contributed by atoms with van der Waals surface area (Å²) in [6.07, 6.45) is 0. The van der Waals surface area contributed by atoms with Crippen molar-refractivity contribution in [2.45, 2.75) is 6.54 Å². The molecule has 130 valence electrons. The molecule has 5 nitrogen and oxygen atoms in total. The molecule has 0 fully saturated rings. The SMILES string of the molecule is O=C(NO)c1ccc(CNC(=O)c2cc3sc4ccccc4c3s2)cc1. The Hall–Kier alpha value is -2.74. The fourth-order valence-electron chi connectivity index (χ4n) is 2.72. The highest BCUT2D eigenvalue weighted by molar-refractivity contribution is 7.33. The van der Waals surface area contributed by atoms with Crippen molar-refractivity contribution in [3.05, 3.63) is 70.6 Å². The van der Waals surface area contributed by atoms with Crippen LogP contribution in [0, 0.1) is 0 Å². The Kier molecular flexibility index (Phi) is 4.42. The van der Waals surface area contributed by atoms with Crippen LogP contribution in [0.4, 0.5) is 0 Å². The van der Waals surface area contributed by atoms with Gasteiger partial charge in [-0.2, -0.15) is 0 Å². The van der Waals surface area contributed by atoms with Gasteiger partial charge < -0.3 is 5.32 Å². The van der Waals surface area contributed by atoms with Crippen LogP contribution < -0.4 is 10.8 Å². The zero-order valence-corrected chi connectivity index (χ0v) is 15.1. The number of thiophene rings is 2. The lowest BCUT2D eigenvalue weighted by Crippen LogP contribution is -2.22. The van der Waals surface area contributed by atoms with Crippen LogP contribution in [0.5, 0.6) is 0 Å². The van der Waals surface area contributed by atoms with Gasteiger partial charge in [0.05, 0.1) is 9.58 Å². The van der Waals surface area contributed by atoms with Crippen molar-refractivity contribution in [2.75, 3.05) is 0 Å². The van der Waals surface area contributed by atoms with Crippen molar-refractivity contribution in [3.63, 3.8) is 0 Å². The van der Waals surface area contributed by atoms with Crippen molar-refractivity contribution >= 4 is 54.0 Å². The number of benzene rings is 2. The molecule has 0 aliphatic heterocycles. The fourth-order valence-corrected chi connectivity index (χ4v) is 5.16. The Balaban J connectivity index is 1.48. The van der Waals surface area contributed by atoms with Gasteiger partial charge in [0.25, 0.3) is 11.8 Å². The molecule has 0 saturated heterocycles. The monoisotopic (exact) mass is 382 g/mol. The average Bonchev–Trinajstić information content (AvgIpc) is 3.24. The van der Waals surface area contributed by atoms with E-state index in [1.807, 2.05) is 18.2 Å². The minimum Gasteiger partial charge on any atom is -0.347 e. The van der Waals surface area contributed by atoms with E-state index >= 15 is 0 Å². The van der Waals surface area contributed by atoms with Gasteiger partial charge in [0.1, 0.15) is 0 Å². The number of fused-ring (bicyclic) bond motifs is 3. The molecular formula is C19H14N2O3S2. The van der Waals surface area contributed by atoms with Crippen LogP contribution in [-0.4, -0.2) is 17.0 Å². The molecule has 0 atom stereocenters. The lowest BCUT2D eigenvalue weighted by atomic mass is 10.1. The maximum Gasteiger partial charge on any atom is 0.274 e. The number of nitrogens with one attached hydrogen (secondary N) is 2. The molecule has 7 heteroatoms. The summed E-state index contributed by atoms with van der Waals surface area (Å²) >= 11 is 3.20. The first-order valence-corrected chi connectivity index (χ1v) is 9.51. The summed E-state index contributed by atoms with van der Waals surface area (Å²) in [5.41, 5.74) is 2.82. The summed E-state index contributed by atoms with van der Waals surface area (Å²) in [6.45, 7) is 0.367. The summed E-state index contributed by atoms with van der Waals surface area (Å²) < 4.78 is 3.50. The Labute approximate surface area is 156 Å². The summed E-state index contributed by atoms with van der Waals surface area (Å²) in [6, 6.07) is 16.8. The standard InChI is InChI=1S/C19H14N2O3S2/c22-18(21-24)12-7-5-11(6-8-12)10-20-19(23)16-9-15-17(26-16)13-3-1-2-4-14(13)25-15/h1-9,24H,10H2,(H,20,23)(H,21,22). The molecule has 0 spiro atoms. The van der Waals surface area contributed by atoms with Gasteiger partial charge >= 0.3 is 0 Å². The number of hydrogen-bond donors (Lipinski definition) is 3. The van der Waals surface area contributed by atoms with Crippen LogP contribution >= 0.6 is 22.7 Å². The molecule has 2 amide bonds. The van der Waals surface area contributed by atoms with E-state index in [0.717, 1.165) is 15.0 Å². The summed E-state index contributed by atoms with van der Waals surface area (Å²) in [4.78, 5) is 24.4. The van der Waals surface area contributed by atoms with Crippen molar-refractivity contribution < 1.29 is 14.8 Å². The zero-order valence-electron chi connectivity index (χ0n) is 13.5. The van der Waals surface area contributed by atoms with Crippen LogP contribution in [0.3, 0.4) is 0 Å². The van der Waals surface area contributed by atoms with Gasteiger partial charge in [-0.15, -0.1) is 22.7 Å². The second kappa shape index (κ2) is 6.87. The number of carbonyl (C=O) groups is 2. The number of hydrogen-bond acceptors (Lipinski definition) is 5. The molecule has 3 N–H and O–H groups in total. The smallest absolute Gasteiger partial charge is 0.274 e. The number of hydroxylamine groups is 1. The van der Waals surface area contributed by atoms with E-state index in [0.29, 0.717) is 17.0 Å². The van der Waals surface area contributed by atoms with E-state index in [4.69, 9.17) is 5.21 Å². The van der Waals surface area contributed by atoms with Gasteiger partial charge in [0.2, 0.25) is 0 Å². The van der Waals surface area contributed by atoms with E-state index in [2.05, 4.69) is 17.4 Å². The highest BCUT2D eigenvalue weighted by Crippen LogP contribution is 2.39. The van der Waals surface area contributed by atoms with E-state index in [1.54, 1.807) is 41.1 Å².